The van der Waals surface area contributed by atoms with Gasteiger partial charge in [0.15, 0.2) is 11.6 Å². The Hall–Kier alpha value is -1.20. The van der Waals surface area contributed by atoms with E-state index in [1.807, 2.05) is 13.8 Å². The molecule has 19 heavy (non-hydrogen) atoms. The third-order valence-electron chi connectivity index (χ3n) is 2.48. The molecule has 0 fully saturated rings. The van der Waals surface area contributed by atoms with Gasteiger partial charge in [0, 0.05) is 10.5 Å². The van der Waals surface area contributed by atoms with E-state index in [0.29, 0.717) is 15.1 Å². The molecule has 100 valence electrons. The van der Waals surface area contributed by atoms with Crippen LogP contribution in [0.3, 0.4) is 0 Å². The number of nitrogens with zero attached hydrogens (tertiary/aromatic N) is 2. The molecule has 0 aliphatic carbocycles. The van der Waals surface area contributed by atoms with E-state index < -0.39 is 11.6 Å². The fourth-order valence-corrected chi connectivity index (χ4v) is 3.05. The van der Waals surface area contributed by atoms with Crippen LogP contribution >= 0.6 is 23.4 Å². The Morgan fingerprint density at radius 3 is 2.53 bits per heavy atom. The fourth-order valence-electron chi connectivity index (χ4n) is 1.58. The molecule has 0 amide bonds. The van der Waals surface area contributed by atoms with Crippen LogP contribution in [0.2, 0.25) is 5.15 Å². The van der Waals surface area contributed by atoms with E-state index in [4.69, 9.17) is 11.6 Å². The maximum atomic E-state index is 13.2. The summed E-state index contributed by atoms with van der Waals surface area (Å²) in [6, 6.07) is 3.73. The average Bonchev–Trinajstić information content (AvgIpc) is 2.33. The summed E-state index contributed by atoms with van der Waals surface area (Å²) in [6.45, 7) is 3.94. The number of benzene rings is 1. The highest BCUT2D eigenvalue weighted by molar-refractivity contribution is 7.99. The van der Waals surface area contributed by atoms with Crippen molar-refractivity contribution in [3.63, 3.8) is 0 Å². The van der Waals surface area contributed by atoms with Gasteiger partial charge in [0.25, 0.3) is 0 Å². The Kier molecular flexibility index (Phi) is 4.37. The summed E-state index contributed by atoms with van der Waals surface area (Å²) < 4.78 is 26.1. The minimum absolute atomic E-state index is 0.140. The van der Waals surface area contributed by atoms with Crippen LogP contribution in [0, 0.1) is 11.6 Å². The highest BCUT2D eigenvalue weighted by Gasteiger charge is 2.15. The average molecular weight is 301 g/mol. The summed E-state index contributed by atoms with van der Waals surface area (Å²) in [5, 5.41) is 1.04. The molecule has 0 aliphatic rings. The zero-order valence-corrected chi connectivity index (χ0v) is 11.9. The van der Waals surface area contributed by atoms with Gasteiger partial charge < -0.3 is 0 Å². The Bertz CT molecular complexity index is 605. The second-order valence-corrected chi connectivity index (χ2v) is 5.64. The minimum Gasteiger partial charge on any atom is -0.229 e. The van der Waals surface area contributed by atoms with Crippen molar-refractivity contribution in [2.45, 2.75) is 29.7 Å². The van der Waals surface area contributed by atoms with Gasteiger partial charge in [-0.15, -0.1) is 0 Å². The van der Waals surface area contributed by atoms with Crippen molar-refractivity contribution in [2.75, 3.05) is 0 Å². The molecule has 6 heteroatoms. The van der Waals surface area contributed by atoms with E-state index in [9.17, 15) is 8.78 Å². The first kappa shape index (κ1) is 14.2. The molecule has 0 N–H and O–H groups in total. The molecule has 0 bridgehead atoms. The first-order valence-electron chi connectivity index (χ1n) is 5.62. The molecule has 0 spiro atoms. The Morgan fingerprint density at radius 1 is 1.16 bits per heavy atom. The fraction of sp³-hybridized carbons (Fsp3) is 0.231. The summed E-state index contributed by atoms with van der Waals surface area (Å²) in [5.74, 6) is -1.60. The van der Waals surface area contributed by atoms with Gasteiger partial charge >= 0.3 is 0 Å². The number of aromatic nitrogens is 2. The molecular weight excluding hydrogens is 290 g/mol. The first-order valence-corrected chi connectivity index (χ1v) is 6.81. The highest BCUT2D eigenvalue weighted by Crippen LogP contribution is 2.35. The maximum absolute atomic E-state index is 13.2. The van der Waals surface area contributed by atoms with E-state index in [1.165, 1.54) is 24.2 Å². The van der Waals surface area contributed by atoms with E-state index >= 15 is 0 Å². The second-order valence-electron chi connectivity index (χ2n) is 4.22. The maximum Gasteiger partial charge on any atom is 0.159 e. The van der Waals surface area contributed by atoms with E-state index in [0.717, 1.165) is 17.7 Å². The lowest BCUT2D eigenvalue weighted by atomic mass is 10.1. The van der Waals surface area contributed by atoms with Crippen LogP contribution in [0.1, 0.15) is 25.3 Å². The minimum atomic E-state index is -0.878. The number of hydrogen-bond donors (Lipinski definition) is 0. The summed E-state index contributed by atoms with van der Waals surface area (Å²) in [5.41, 5.74) is 0.805. The molecule has 2 nitrogen and oxygen atoms in total. The summed E-state index contributed by atoms with van der Waals surface area (Å²) in [6.07, 6.45) is 1.36. The number of halogens is 3. The summed E-state index contributed by atoms with van der Waals surface area (Å²) in [7, 11) is 0. The molecule has 2 aromatic rings. The molecule has 1 heterocycles. The summed E-state index contributed by atoms with van der Waals surface area (Å²) >= 11 is 7.29. The predicted octanol–water partition coefficient (Wildman–Crippen LogP) is 4.68. The predicted molar refractivity (Wildman–Crippen MR) is 71.6 cm³/mol. The Labute approximate surface area is 119 Å². The van der Waals surface area contributed by atoms with Crippen LogP contribution in [-0.4, -0.2) is 9.97 Å². The lowest BCUT2D eigenvalue weighted by Crippen LogP contribution is -1.97. The molecule has 2 rings (SSSR count). The van der Waals surface area contributed by atoms with Crippen molar-refractivity contribution in [1.29, 1.82) is 0 Å². The van der Waals surface area contributed by atoms with Crippen LogP contribution in [0.5, 0.6) is 0 Å². The quantitative estimate of drug-likeness (QED) is 0.770. The molecule has 1 aromatic heterocycles. The Balaban J connectivity index is 2.38. The zero-order chi connectivity index (χ0) is 14.0. The Morgan fingerprint density at radius 2 is 1.89 bits per heavy atom. The van der Waals surface area contributed by atoms with Crippen LogP contribution in [0.25, 0.3) is 0 Å². The molecule has 0 aliphatic heterocycles. The van der Waals surface area contributed by atoms with Crippen molar-refractivity contribution < 1.29 is 8.78 Å². The van der Waals surface area contributed by atoms with Gasteiger partial charge in [-0.1, -0.05) is 37.2 Å². The van der Waals surface area contributed by atoms with Gasteiger partial charge in [-0.3, -0.25) is 0 Å². The molecule has 0 radical (unpaired) electrons. The van der Waals surface area contributed by atoms with Crippen molar-refractivity contribution in [2.24, 2.45) is 0 Å². The first-order chi connectivity index (χ1) is 8.99. The smallest absolute Gasteiger partial charge is 0.159 e. The lowest BCUT2D eigenvalue weighted by Gasteiger charge is -2.12. The second kappa shape index (κ2) is 5.84. The van der Waals surface area contributed by atoms with Gasteiger partial charge in [0.1, 0.15) is 16.5 Å². The van der Waals surface area contributed by atoms with Crippen molar-refractivity contribution in [3.05, 3.63) is 46.9 Å². The number of rotatable bonds is 3. The van der Waals surface area contributed by atoms with Crippen molar-refractivity contribution in [1.82, 2.24) is 9.97 Å². The van der Waals surface area contributed by atoms with Crippen molar-refractivity contribution >= 4 is 23.4 Å². The monoisotopic (exact) mass is 300 g/mol. The van der Waals surface area contributed by atoms with Crippen LogP contribution in [0.4, 0.5) is 8.78 Å². The van der Waals surface area contributed by atoms with Crippen LogP contribution < -0.4 is 0 Å². The van der Waals surface area contributed by atoms with Gasteiger partial charge in [0.05, 0.1) is 0 Å². The zero-order valence-electron chi connectivity index (χ0n) is 10.3. The highest BCUT2D eigenvalue weighted by atomic mass is 35.5. The molecule has 1 aromatic carbocycles. The normalized spacial score (nSPS) is 11.1. The third kappa shape index (κ3) is 3.22. The van der Waals surface area contributed by atoms with Crippen LogP contribution in [-0.2, 0) is 0 Å². The SMILES string of the molecule is CC(C)c1c(Cl)ncnc1Sc1ccc(F)c(F)c1. The summed E-state index contributed by atoms with van der Waals surface area (Å²) in [4.78, 5) is 8.67. The van der Waals surface area contributed by atoms with Gasteiger partial charge in [0.2, 0.25) is 0 Å². The van der Waals surface area contributed by atoms with Crippen molar-refractivity contribution in [3.8, 4) is 0 Å². The molecular formula is C13H11ClF2N2S. The van der Waals surface area contributed by atoms with E-state index in [-0.39, 0.29) is 5.92 Å². The third-order valence-corrected chi connectivity index (χ3v) is 3.79. The van der Waals surface area contributed by atoms with E-state index in [1.54, 1.807) is 0 Å². The molecule has 0 unspecified atom stereocenters. The van der Waals surface area contributed by atoms with Gasteiger partial charge in [-0.2, -0.15) is 0 Å². The molecule has 0 saturated carbocycles. The number of hydrogen-bond acceptors (Lipinski definition) is 3. The van der Waals surface area contributed by atoms with Crippen LogP contribution in [0.15, 0.2) is 34.4 Å². The molecule has 0 saturated heterocycles. The topological polar surface area (TPSA) is 25.8 Å². The standard InChI is InChI=1S/C13H11ClF2N2S/c1-7(2)11-12(14)17-6-18-13(11)19-8-3-4-9(15)10(16)5-8/h3-7H,1-2H3. The van der Waals surface area contributed by atoms with Gasteiger partial charge in [-0.25, -0.2) is 18.7 Å². The van der Waals surface area contributed by atoms with Gasteiger partial charge in [-0.05, 0) is 24.1 Å². The largest absolute Gasteiger partial charge is 0.229 e. The molecule has 0 atom stereocenters. The van der Waals surface area contributed by atoms with E-state index in [2.05, 4.69) is 9.97 Å². The lowest BCUT2D eigenvalue weighted by molar-refractivity contribution is 0.506.